The van der Waals surface area contributed by atoms with Gasteiger partial charge in [0.2, 0.25) is 0 Å². The van der Waals surface area contributed by atoms with Gasteiger partial charge in [0, 0.05) is 12.6 Å². The van der Waals surface area contributed by atoms with Crippen LogP contribution in [0.15, 0.2) is 0 Å². The number of aliphatic hydroxyl groups is 1. The Balaban J connectivity index is 3.65. The van der Waals surface area contributed by atoms with E-state index in [-0.39, 0.29) is 12.1 Å². The molecule has 0 spiro atoms. The van der Waals surface area contributed by atoms with Crippen LogP contribution < -0.4 is 0 Å². The molecule has 0 rings (SSSR count). The molecule has 64 valence electrons. The van der Waals surface area contributed by atoms with Crippen LogP contribution in [0.5, 0.6) is 0 Å². The molecule has 0 unspecified atom stereocenters. The van der Waals surface area contributed by atoms with Crippen LogP contribution in [-0.4, -0.2) is 35.7 Å². The molecule has 0 amide bonds. The van der Waals surface area contributed by atoms with E-state index >= 15 is 0 Å². The van der Waals surface area contributed by atoms with Crippen LogP contribution >= 0.6 is 0 Å². The Hall–Kier alpha value is -0.590. The third-order valence-corrected chi connectivity index (χ3v) is 1.69. The van der Waals surface area contributed by atoms with E-state index in [1.807, 2.05) is 18.9 Å². The fraction of sp³-hybridized carbons (Fsp3) is 0.875. The Morgan fingerprint density at radius 2 is 2.09 bits per heavy atom. The molecule has 0 aromatic rings. The Morgan fingerprint density at radius 3 is 2.45 bits per heavy atom. The summed E-state index contributed by atoms with van der Waals surface area (Å²) in [5, 5.41) is 17.4. The third-order valence-electron chi connectivity index (χ3n) is 1.69. The molecule has 1 N–H and O–H groups in total. The molecule has 0 aliphatic carbocycles. The van der Waals surface area contributed by atoms with Gasteiger partial charge < -0.3 is 10.0 Å². The molecule has 0 aliphatic rings. The molecule has 3 heteroatoms. The largest absolute Gasteiger partial charge is 0.392 e. The quantitative estimate of drug-likeness (QED) is 0.648. The monoisotopic (exact) mass is 156 g/mol. The van der Waals surface area contributed by atoms with Crippen molar-refractivity contribution in [3.63, 3.8) is 0 Å². The highest BCUT2D eigenvalue weighted by Gasteiger charge is 2.09. The van der Waals surface area contributed by atoms with E-state index in [1.54, 1.807) is 6.92 Å². The summed E-state index contributed by atoms with van der Waals surface area (Å²) in [6.07, 6.45) is 0.199. The maximum atomic E-state index is 9.02. The molecular formula is C8H16N2O. The van der Waals surface area contributed by atoms with Crippen molar-refractivity contribution < 1.29 is 5.11 Å². The first-order valence-corrected chi connectivity index (χ1v) is 3.83. The van der Waals surface area contributed by atoms with E-state index in [0.29, 0.717) is 13.0 Å². The fourth-order valence-electron chi connectivity index (χ4n) is 0.885. The minimum absolute atomic E-state index is 0.231. The van der Waals surface area contributed by atoms with Gasteiger partial charge in [-0.2, -0.15) is 5.26 Å². The molecule has 0 fully saturated rings. The molecular weight excluding hydrogens is 140 g/mol. The van der Waals surface area contributed by atoms with Gasteiger partial charge in [-0.3, -0.25) is 0 Å². The van der Waals surface area contributed by atoms with Crippen molar-refractivity contribution in [2.45, 2.75) is 32.4 Å². The summed E-state index contributed by atoms with van der Waals surface area (Å²) in [4.78, 5) is 1.98. The Morgan fingerprint density at radius 1 is 1.55 bits per heavy atom. The van der Waals surface area contributed by atoms with Crippen molar-refractivity contribution in [1.29, 1.82) is 5.26 Å². The van der Waals surface area contributed by atoms with Crippen molar-refractivity contribution in [3.8, 4) is 6.07 Å². The molecule has 11 heavy (non-hydrogen) atoms. The van der Waals surface area contributed by atoms with Gasteiger partial charge in [0.05, 0.1) is 18.6 Å². The van der Waals surface area contributed by atoms with Crippen LogP contribution in [0.4, 0.5) is 0 Å². The lowest BCUT2D eigenvalue weighted by atomic mass is 10.2. The zero-order valence-corrected chi connectivity index (χ0v) is 7.41. The van der Waals surface area contributed by atoms with E-state index in [0.717, 1.165) is 0 Å². The number of rotatable bonds is 4. The molecule has 0 aromatic heterocycles. The van der Waals surface area contributed by atoms with Crippen LogP contribution in [0.2, 0.25) is 0 Å². The van der Waals surface area contributed by atoms with Crippen molar-refractivity contribution in [1.82, 2.24) is 4.90 Å². The number of nitrogens with zero attached hydrogens (tertiary/aromatic N) is 2. The summed E-state index contributed by atoms with van der Waals surface area (Å²) in [5.74, 6) is 0. The van der Waals surface area contributed by atoms with Gasteiger partial charge in [-0.05, 0) is 20.9 Å². The van der Waals surface area contributed by atoms with Gasteiger partial charge in [0.15, 0.2) is 0 Å². The molecule has 2 atom stereocenters. The number of hydrogen-bond acceptors (Lipinski definition) is 3. The van der Waals surface area contributed by atoms with Crippen molar-refractivity contribution in [2.75, 3.05) is 13.6 Å². The van der Waals surface area contributed by atoms with E-state index < -0.39 is 0 Å². The molecule has 0 aliphatic heterocycles. The van der Waals surface area contributed by atoms with Gasteiger partial charge in [0.25, 0.3) is 0 Å². The number of aliphatic hydroxyl groups excluding tert-OH is 1. The average molecular weight is 156 g/mol. The maximum absolute atomic E-state index is 9.02. The normalized spacial score (nSPS) is 16.0. The second-order valence-electron chi connectivity index (χ2n) is 3.00. The topological polar surface area (TPSA) is 47.3 Å². The first kappa shape index (κ1) is 10.4. The predicted molar refractivity (Wildman–Crippen MR) is 44.0 cm³/mol. The molecule has 0 bridgehead atoms. The van der Waals surface area contributed by atoms with Gasteiger partial charge in [0.1, 0.15) is 0 Å². The van der Waals surface area contributed by atoms with E-state index in [1.165, 1.54) is 0 Å². The Bertz CT molecular complexity index is 140. The second kappa shape index (κ2) is 5.11. The highest BCUT2D eigenvalue weighted by molar-refractivity contribution is 4.78. The zero-order valence-electron chi connectivity index (χ0n) is 7.41. The van der Waals surface area contributed by atoms with E-state index in [4.69, 9.17) is 10.4 Å². The first-order chi connectivity index (χ1) is 5.07. The fourth-order valence-corrected chi connectivity index (χ4v) is 0.885. The van der Waals surface area contributed by atoms with Crippen LogP contribution in [0.25, 0.3) is 0 Å². The average Bonchev–Trinajstić information content (AvgIpc) is 1.86. The van der Waals surface area contributed by atoms with Gasteiger partial charge in [-0.15, -0.1) is 0 Å². The molecule has 0 saturated carbocycles. The summed E-state index contributed by atoms with van der Waals surface area (Å²) in [6, 6.07) is 2.33. The molecule has 0 saturated heterocycles. The third kappa shape index (κ3) is 4.77. The maximum Gasteiger partial charge on any atom is 0.0639 e. The lowest BCUT2D eigenvalue weighted by Gasteiger charge is -2.23. The van der Waals surface area contributed by atoms with E-state index in [9.17, 15) is 0 Å². The van der Waals surface area contributed by atoms with Gasteiger partial charge in [-0.1, -0.05) is 0 Å². The summed E-state index contributed by atoms with van der Waals surface area (Å²) in [5.41, 5.74) is 0. The predicted octanol–water partition coefficient (Wildman–Crippen LogP) is 0.601. The number of likely N-dealkylation sites (N-methyl/N-ethyl adjacent to an activating group) is 1. The van der Waals surface area contributed by atoms with Crippen molar-refractivity contribution >= 4 is 0 Å². The van der Waals surface area contributed by atoms with Gasteiger partial charge in [-0.25, -0.2) is 0 Å². The highest BCUT2D eigenvalue weighted by Crippen LogP contribution is 2.00. The minimum Gasteiger partial charge on any atom is -0.392 e. The smallest absolute Gasteiger partial charge is 0.0639 e. The molecule has 3 nitrogen and oxygen atoms in total. The van der Waals surface area contributed by atoms with Crippen molar-refractivity contribution in [3.05, 3.63) is 0 Å². The van der Waals surface area contributed by atoms with Crippen LogP contribution in [0.1, 0.15) is 20.3 Å². The SMILES string of the molecule is C[C@@H](O)CN(C)[C@@H](C)CC#N. The lowest BCUT2D eigenvalue weighted by molar-refractivity contribution is 0.122. The second-order valence-corrected chi connectivity index (χ2v) is 3.00. The van der Waals surface area contributed by atoms with Crippen LogP contribution in [0.3, 0.4) is 0 Å². The lowest BCUT2D eigenvalue weighted by Crippen LogP contribution is -2.34. The zero-order chi connectivity index (χ0) is 8.85. The first-order valence-electron chi connectivity index (χ1n) is 3.83. The van der Waals surface area contributed by atoms with Crippen molar-refractivity contribution in [2.24, 2.45) is 0 Å². The molecule has 0 radical (unpaired) electrons. The Labute approximate surface area is 68.2 Å². The standard InChI is InChI=1S/C8H16N2O/c1-7(4-5-9)10(3)6-8(2)11/h7-8,11H,4,6H2,1-3H3/t7-,8+/m0/s1. The van der Waals surface area contributed by atoms with Crippen LogP contribution in [-0.2, 0) is 0 Å². The summed E-state index contributed by atoms with van der Waals surface area (Å²) in [7, 11) is 1.91. The van der Waals surface area contributed by atoms with Gasteiger partial charge >= 0.3 is 0 Å². The summed E-state index contributed by atoms with van der Waals surface area (Å²) in [6.45, 7) is 4.35. The number of nitriles is 1. The van der Waals surface area contributed by atoms with Crippen LogP contribution in [0, 0.1) is 11.3 Å². The highest BCUT2D eigenvalue weighted by atomic mass is 16.3. The minimum atomic E-state index is -0.318. The number of hydrogen-bond donors (Lipinski definition) is 1. The molecule has 0 aromatic carbocycles. The summed E-state index contributed by atoms with van der Waals surface area (Å²) >= 11 is 0. The molecule has 0 heterocycles. The van der Waals surface area contributed by atoms with E-state index in [2.05, 4.69) is 6.07 Å². The summed E-state index contributed by atoms with van der Waals surface area (Å²) < 4.78 is 0. The Kier molecular flexibility index (Phi) is 4.84.